The maximum Gasteiger partial charge on any atom is 0.211 e. The normalized spacial score (nSPS) is 18.0. The molecule has 1 fully saturated rings. The van der Waals surface area contributed by atoms with Crippen molar-refractivity contribution in [2.45, 2.75) is 44.4 Å². The molecule has 152 valence electrons. The number of carbonyl (C=O) groups is 1. The molecule has 1 aromatic heterocycles. The summed E-state index contributed by atoms with van der Waals surface area (Å²) in [6, 6.07) is 8.47. The highest BCUT2D eigenvalue weighted by Gasteiger charge is 2.31. The van der Waals surface area contributed by atoms with Crippen LogP contribution in [0, 0.1) is 5.82 Å². The van der Waals surface area contributed by atoms with Crippen molar-refractivity contribution in [3.63, 3.8) is 0 Å². The van der Waals surface area contributed by atoms with Gasteiger partial charge in [0.05, 0.1) is 23.5 Å². The molecule has 0 unspecified atom stereocenters. The van der Waals surface area contributed by atoms with Gasteiger partial charge in [0.1, 0.15) is 11.6 Å². The van der Waals surface area contributed by atoms with E-state index in [0.717, 1.165) is 29.7 Å². The third-order valence-corrected chi connectivity index (χ3v) is 6.19. The summed E-state index contributed by atoms with van der Waals surface area (Å²) in [7, 11) is 1.81. The standard InChI is InChI=1S/C24H27FN2O2/c1-15-23(28)20(14-27(15)2)24(29)22-18(12-16-8-10-19(25)11-9-16)13-21(26-22)17-6-4-3-5-7-17/h8-11,13,17,26,28H,1,3-7,12,14H2,2H3. The first-order valence-electron chi connectivity index (χ1n) is 10.3. The summed E-state index contributed by atoms with van der Waals surface area (Å²) in [6.07, 6.45) is 6.46. The maximum absolute atomic E-state index is 13.3. The van der Waals surface area contributed by atoms with Crippen LogP contribution >= 0.6 is 0 Å². The van der Waals surface area contributed by atoms with Crippen LogP contribution in [0.5, 0.6) is 0 Å². The molecule has 2 N–H and O–H groups in total. The number of hydrogen-bond donors (Lipinski definition) is 2. The first-order chi connectivity index (χ1) is 13.9. The molecule has 2 heterocycles. The predicted octanol–water partition coefficient (Wildman–Crippen LogP) is 5.25. The number of nitrogens with one attached hydrogen (secondary N) is 1. The van der Waals surface area contributed by atoms with Gasteiger partial charge >= 0.3 is 0 Å². The summed E-state index contributed by atoms with van der Waals surface area (Å²) in [5.74, 6) is -0.0584. The highest BCUT2D eigenvalue weighted by Crippen LogP contribution is 2.35. The molecule has 0 saturated heterocycles. The summed E-state index contributed by atoms with van der Waals surface area (Å²) < 4.78 is 13.3. The van der Waals surface area contributed by atoms with Gasteiger partial charge in [0.15, 0.2) is 0 Å². The summed E-state index contributed by atoms with van der Waals surface area (Å²) in [5.41, 5.74) is 4.29. The van der Waals surface area contributed by atoms with E-state index in [-0.39, 0.29) is 17.4 Å². The quantitative estimate of drug-likeness (QED) is 0.682. The fraction of sp³-hybridized carbons (Fsp3) is 0.375. The Kier molecular flexibility index (Phi) is 5.31. The number of likely N-dealkylation sites (N-methyl/N-ethyl adjacent to an activating group) is 1. The zero-order chi connectivity index (χ0) is 20.5. The smallest absolute Gasteiger partial charge is 0.211 e. The molecule has 1 aromatic carbocycles. The zero-order valence-electron chi connectivity index (χ0n) is 16.8. The number of aliphatic hydroxyl groups excluding tert-OH is 1. The molecule has 5 heteroatoms. The van der Waals surface area contributed by atoms with Gasteiger partial charge in [-0.05, 0) is 54.5 Å². The lowest BCUT2D eigenvalue weighted by Crippen LogP contribution is -2.16. The maximum atomic E-state index is 13.3. The minimum absolute atomic E-state index is 0.0287. The molecule has 0 atom stereocenters. The van der Waals surface area contributed by atoms with Crippen molar-refractivity contribution >= 4 is 5.78 Å². The Bertz CT molecular complexity index is 965. The molecule has 1 saturated carbocycles. The van der Waals surface area contributed by atoms with Crippen molar-refractivity contribution in [1.82, 2.24) is 9.88 Å². The Hall–Kier alpha value is -2.82. The topological polar surface area (TPSA) is 56.3 Å². The summed E-state index contributed by atoms with van der Waals surface area (Å²) in [4.78, 5) is 18.5. The number of benzene rings is 1. The molecule has 0 bridgehead atoms. The molecule has 2 aromatic rings. The van der Waals surface area contributed by atoms with E-state index >= 15 is 0 Å². The van der Waals surface area contributed by atoms with Gasteiger partial charge in [-0.2, -0.15) is 0 Å². The monoisotopic (exact) mass is 394 g/mol. The van der Waals surface area contributed by atoms with Crippen LogP contribution in [0.2, 0.25) is 0 Å². The fourth-order valence-electron chi connectivity index (χ4n) is 4.41. The van der Waals surface area contributed by atoms with Crippen molar-refractivity contribution in [3.8, 4) is 0 Å². The second-order valence-corrected chi connectivity index (χ2v) is 8.22. The zero-order valence-corrected chi connectivity index (χ0v) is 16.8. The average Bonchev–Trinajstić information content (AvgIpc) is 3.26. The Morgan fingerprint density at radius 1 is 1.24 bits per heavy atom. The van der Waals surface area contributed by atoms with Gasteiger partial charge in [-0.1, -0.05) is 38.0 Å². The Morgan fingerprint density at radius 2 is 1.93 bits per heavy atom. The third kappa shape index (κ3) is 3.86. The Morgan fingerprint density at radius 3 is 2.55 bits per heavy atom. The van der Waals surface area contributed by atoms with Crippen LogP contribution in [-0.4, -0.2) is 34.4 Å². The lowest BCUT2D eigenvalue weighted by atomic mass is 9.87. The van der Waals surface area contributed by atoms with Crippen LogP contribution < -0.4 is 0 Å². The second kappa shape index (κ2) is 7.90. The highest BCUT2D eigenvalue weighted by atomic mass is 19.1. The van der Waals surface area contributed by atoms with Crippen LogP contribution in [0.4, 0.5) is 4.39 Å². The van der Waals surface area contributed by atoms with Crippen LogP contribution in [-0.2, 0) is 6.42 Å². The largest absolute Gasteiger partial charge is 0.505 e. The molecule has 1 aliphatic heterocycles. The number of Topliss-reactive ketones (excluding diaryl/α,β-unsaturated/α-hetero) is 1. The Labute approximate surface area is 170 Å². The molecule has 0 amide bonds. The first kappa shape index (κ1) is 19.5. The van der Waals surface area contributed by atoms with Gasteiger partial charge in [0.2, 0.25) is 5.78 Å². The lowest BCUT2D eigenvalue weighted by Gasteiger charge is -2.20. The molecule has 0 spiro atoms. The van der Waals surface area contributed by atoms with Crippen LogP contribution in [0.15, 0.2) is 53.9 Å². The number of hydrogen-bond acceptors (Lipinski definition) is 3. The van der Waals surface area contributed by atoms with Crippen molar-refractivity contribution in [3.05, 3.63) is 82.3 Å². The number of aromatic amines is 1. The van der Waals surface area contributed by atoms with Crippen LogP contribution in [0.25, 0.3) is 0 Å². The van der Waals surface area contributed by atoms with E-state index in [0.29, 0.717) is 35.8 Å². The number of ketones is 1. The SMILES string of the molecule is C=C1C(O)=C(C(=O)c2[nH]c(C3CCCCC3)cc2Cc2ccc(F)cc2)CN1C. The van der Waals surface area contributed by atoms with Gasteiger partial charge in [-0.3, -0.25) is 4.79 Å². The first-order valence-corrected chi connectivity index (χ1v) is 10.3. The molecular formula is C24H27FN2O2. The van der Waals surface area contributed by atoms with E-state index in [9.17, 15) is 14.3 Å². The minimum Gasteiger partial charge on any atom is -0.505 e. The van der Waals surface area contributed by atoms with Crippen molar-refractivity contribution in [2.75, 3.05) is 13.6 Å². The van der Waals surface area contributed by atoms with Crippen LogP contribution in [0.3, 0.4) is 0 Å². The molecule has 4 rings (SSSR count). The van der Waals surface area contributed by atoms with Gasteiger partial charge in [-0.15, -0.1) is 0 Å². The number of rotatable bonds is 5. The number of carbonyl (C=O) groups excluding carboxylic acids is 1. The number of halogens is 1. The Balaban J connectivity index is 1.70. The van der Waals surface area contributed by atoms with E-state index in [1.807, 2.05) is 0 Å². The molecular weight excluding hydrogens is 367 g/mol. The molecule has 2 aliphatic rings. The highest BCUT2D eigenvalue weighted by molar-refractivity contribution is 6.10. The van der Waals surface area contributed by atoms with Crippen molar-refractivity contribution < 1.29 is 14.3 Å². The van der Waals surface area contributed by atoms with Gasteiger partial charge in [0.25, 0.3) is 0 Å². The molecule has 4 nitrogen and oxygen atoms in total. The second-order valence-electron chi connectivity index (χ2n) is 8.22. The number of nitrogens with zero attached hydrogens (tertiary/aromatic N) is 1. The number of aliphatic hydroxyl groups is 1. The summed E-state index contributed by atoms with van der Waals surface area (Å²) >= 11 is 0. The van der Waals surface area contributed by atoms with Gasteiger partial charge < -0.3 is 15.0 Å². The van der Waals surface area contributed by atoms with Crippen molar-refractivity contribution in [1.29, 1.82) is 0 Å². The van der Waals surface area contributed by atoms with Crippen molar-refractivity contribution in [2.24, 2.45) is 0 Å². The fourth-order valence-corrected chi connectivity index (χ4v) is 4.41. The lowest BCUT2D eigenvalue weighted by molar-refractivity contribution is 0.102. The minimum atomic E-state index is -0.274. The number of aromatic nitrogens is 1. The van der Waals surface area contributed by atoms with Crippen LogP contribution in [0.1, 0.15) is 65.3 Å². The molecule has 0 radical (unpaired) electrons. The summed E-state index contributed by atoms with van der Waals surface area (Å²) in [5, 5.41) is 10.4. The predicted molar refractivity (Wildman–Crippen MR) is 112 cm³/mol. The van der Waals surface area contributed by atoms with Gasteiger partial charge in [-0.25, -0.2) is 4.39 Å². The average molecular weight is 394 g/mol. The third-order valence-electron chi connectivity index (χ3n) is 6.19. The van der Waals surface area contributed by atoms with Gasteiger partial charge in [0, 0.05) is 12.7 Å². The van der Waals surface area contributed by atoms with E-state index in [4.69, 9.17) is 0 Å². The van der Waals surface area contributed by atoms with E-state index in [1.54, 1.807) is 24.1 Å². The van der Waals surface area contributed by atoms with E-state index in [1.165, 1.54) is 31.4 Å². The number of H-pyrrole nitrogens is 1. The molecule has 1 aliphatic carbocycles. The summed E-state index contributed by atoms with van der Waals surface area (Å²) in [6.45, 7) is 4.18. The van der Waals surface area contributed by atoms with E-state index < -0.39 is 0 Å². The van der Waals surface area contributed by atoms with E-state index in [2.05, 4.69) is 17.6 Å². The molecule has 29 heavy (non-hydrogen) atoms.